The van der Waals surface area contributed by atoms with Gasteiger partial charge >= 0.3 is 6.36 Å². The molecule has 5 rings (SSSR count). The number of aromatic amines is 1. The second-order valence-electron chi connectivity index (χ2n) is 8.51. The van der Waals surface area contributed by atoms with E-state index in [0.29, 0.717) is 23.5 Å². The largest absolute Gasteiger partial charge is 0.573 e. The van der Waals surface area contributed by atoms with Gasteiger partial charge in [0.2, 0.25) is 5.95 Å². The number of amides is 2. The van der Waals surface area contributed by atoms with E-state index in [-0.39, 0.29) is 22.8 Å². The predicted molar refractivity (Wildman–Crippen MR) is 119 cm³/mol. The number of rotatable bonds is 4. The van der Waals surface area contributed by atoms with Crippen LogP contribution in [0.3, 0.4) is 0 Å². The summed E-state index contributed by atoms with van der Waals surface area (Å²) in [6, 6.07) is 8.05. The summed E-state index contributed by atoms with van der Waals surface area (Å²) in [5, 5.41) is 8.85. The Labute approximate surface area is 197 Å². The summed E-state index contributed by atoms with van der Waals surface area (Å²) in [6.07, 6.45) is -1.51. The highest BCUT2D eigenvalue weighted by atomic mass is 19.4. The van der Waals surface area contributed by atoms with Crippen LogP contribution in [0.1, 0.15) is 39.3 Å². The highest BCUT2D eigenvalue weighted by Gasteiger charge is 2.42. The molecule has 2 aromatic heterocycles. The second kappa shape index (κ2) is 8.69. The summed E-state index contributed by atoms with van der Waals surface area (Å²) in [4.78, 5) is 36.9. The van der Waals surface area contributed by atoms with Crippen LogP contribution in [0.2, 0.25) is 0 Å². The molecule has 1 spiro atoms. The Balaban J connectivity index is 1.39. The highest BCUT2D eigenvalue weighted by molar-refractivity contribution is 6.03. The van der Waals surface area contributed by atoms with Crippen molar-refractivity contribution in [2.75, 3.05) is 25.0 Å². The smallest absolute Gasteiger partial charge is 0.406 e. The minimum Gasteiger partial charge on any atom is -0.406 e. The first-order valence-corrected chi connectivity index (χ1v) is 11.0. The topological polar surface area (TPSA) is 121 Å². The molecule has 9 nitrogen and oxygen atoms in total. The summed E-state index contributed by atoms with van der Waals surface area (Å²) in [6.45, 7) is 2.20. The molecular formula is C23H21F3N6O3. The number of fused-ring (bicyclic) bond motifs is 2. The number of nitrogens with one attached hydrogen (secondary N) is 4. The molecule has 2 aliphatic rings. The van der Waals surface area contributed by atoms with Crippen molar-refractivity contribution in [2.24, 2.45) is 0 Å². The third-order valence-electron chi connectivity index (χ3n) is 6.14. The number of aromatic nitrogens is 3. The molecule has 1 saturated heterocycles. The fourth-order valence-corrected chi connectivity index (χ4v) is 4.53. The van der Waals surface area contributed by atoms with Crippen molar-refractivity contribution in [3.8, 4) is 17.1 Å². The van der Waals surface area contributed by atoms with Crippen LogP contribution in [0, 0.1) is 0 Å². The molecule has 0 aliphatic carbocycles. The fourth-order valence-electron chi connectivity index (χ4n) is 4.53. The summed E-state index contributed by atoms with van der Waals surface area (Å²) >= 11 is 0. The van der Waals surface area contributed by atoms with Gasteiger partial charge < -0.3 is 20.4 Å². The summed E-state index contributed by atoms with van der Waals surface area (Å²) in [5.41, 5.74) is 2.17. The lowest BCUT2D eigenvalue weighted by atomic mass is 9.74. The highest BCUT2D eigenvalue weighted by Crippen LogP contribution is 2.37. The van der Waals surface area contributed by atoms with Gasteiger partial charge in [-0.25, -0.2) is 9.97 Å². The SMILES string of the molecule is O=C(Nc1nccc(-c2cc3c([nH]2)C2(CCCNC2)CNC3=O)n1)c1cccc(OC(F)(F)F)c1. The Bertz CT molecular complexity index is 1280. The van der Waals surface area contributed by atoms with E-state index in [1.165, 1.54) is 18.3 Å². The summed E-state index contributed by atoms with van der Waals surface area (Å²) in [5.74, 6) is -1.42. The van der Waals surface area contributed by atoms with Crippen molar-refractivity contribution in [1.29, 1.82) is 0 Å². The Hall–Kier alpha value is -3.93. The number of H-pyrrole nitrogens is 1. The van der Waals surface area contributed by atoms with E-state index in [9.17, 15) is 22.8 Å². The molecule has 182 valence electrons. The molecule has 1 unspecified atom stereocenters. The van der Waals surface area contributed by atoms with E-state index in [1.54, 1.807) is 12.1 Å². The molecular weight excluding hydrogens is 465 g/mol. The lowest BCUT2D eigenvalue weighted by Crippen LogP contribution is -2.54. The van der Waals surface area contributed by atoms with Gasteiger partial charge in [-0.2, -0.15) is 0 Å². The number of piperidine rings is 1. The minimum atomic E-state index is -4.87. The first kappa shape index (κ1) is 22.8. The second-order valence-corrected chi connectivity index (χ2v) is 8.51. The number of benzene rings is 1. The fraction of sp³-hybridized carbons (Fsp3) is 0.304. The Morgan fingerprint density at radius 1 is 1.17 bits per heavy atom. The first-order chi connectivity index (χ1) is 16.7. The number of hydrogen-bond acceptors (Lipinski definition) is 6. The quantitative estimate of drug-likeness (QED) is 0.450. The Morgan fingerprint density at radius 3 is 2.80 bits per heavy atom. The van der Waals surface area contributed by atoms with Crippen molar-refractivity contribution in [1.82, 2.24) is 25.6 Å². The van der Waals surface area contributed by atoms with Gasteiger partial charge in [-0.05, 0) is 49.7 Å². The number of anilines is 1. The molecule has 1 atom stereocenters. The maximum absolute atomic E-state index is 12.6. The van der Waals surface area contributed by atoms with E-state index in [0.717, 1.165) is 43.8 Å². The lowest BCUT2D eigenvalue weighted by Gasteiger charge is -2.40. The van der Waals surface area contributed by atoms with Crippen LogP contribution in [0.4, 0.5) is 19.1 Å². The van der Waals surface area contributed by atoms with Gasteiger partial charge in [-0.1, -0.05) is 6.07 Å². The normalized spacial score (nSPS) is 19.7. The van der Waals surface area contributed by atoms with Gasteiger partial charge in [-0.15, -0.1) is 13.2 Å². The van der Waals surface area contributed by atoms with Gasteiger partial charge in [0.15, 0.2) is 0 Å². The van der Waals surface area contributed by atoms with E-state index >= 15 is 0 Å². The zero-order valence-corrected chi connectivity index (χ0v) is 18.3. The number of alkyl halides is 3. The molecule has 4 N–H and O–H groups in total. The number of halogens is 3. The third-order valence-corrected chi connectivity index (χ3v) is 6.14. The number of nitrogens with zero attached hydrogens (tertiary/aromatic N) is 2. The van der Waals surface area contributed by atoms with Gasteiger partial charge in [0.1, 0.15) is 5.75 Å². The molecule has 2 aliphatic heterocycles. The molecule has 2 amide bonds. The minimum absolute atomic E-state index is 0.0410. The molecule has 1 aromatic carbocycles. The van der Waals surface area contributed by atoms with Crippen LogP contribution >= 0.6 is 0 Å². The molecule has 12 heteroatoms. The van der Waals surface area contributed by atoms with E-state index < -0.39 is 18.0 Å². The Kier molecular flexibility index (Phi) is 5.67. The van der Waals surface area contributed by atoms with Crippen molar-refractivity contribution in [3.63, 3.8) is 0 Å². The van der Waals surface area contributed by atoms with Crippen molar-refractivity contribution < 1.29 is 27.5 Å². The first-order valence-electron chi connectivity index (χ1n) is 11.0. The van der Waals surface area contributed by atoms with Crippen LogP contribution in [-0.4, -0.2) is 52.8 Å². The molecule has 4 heterocycles. The molecule has 35 heavy (non-hydrogen) atoms. The molecule has 1 fully saturated rings. The molecule has 0 radical (unpaired) electrons. The average Bonchev–Trinajstić information content (AvgIpc) is 3.29. The van der Waals surface area contributed by atoms with Crippen LogP contribution in [0.5, 0.6) is 5.75 Å². The lowest BCUT2D eigenvalue weighted by molar-refractivity contribution is -0.274. The van der Waals surface area contributed by atoms with E-state index in [2.05, 4.69) is 35.6 Å². The van der Waals surface area contributed by atoms with Crippen molar-refractivity contribution in [2.45, 2.75) is 24.6 Å². The number of carbonyl (C=O) groups excluding carboxylic acids is 2. The van der Waals surface area contributed by atoms with Crippen LogP contribution < -0.4 is 20.7 Å². The van der Waals surface area contributed by atoms with Gasteiger partial charge in [0.25, 0.3) is 11.8 Å². The van der Waals surface area contributed by atoms with Crippen LogP contribution in [0.25, 0.3) is 11.4 Å². The number of carbonyl (C=O) groups is 2. The van der Waals surface area contributed by atoms with Crippen LogP contribution in [-0.2, 0) is 5.41 Å². The van der Waals surface area contributed by atoms with Gasteiger partial charge in [0.05, 0.1) is 17.0 Å². The molecule has 0 bridgehead atoms. The zero-order valence-electron chi connectivity index (χ0n) is 18.3. The number of hydrogen-bond donors (Lipinski definition) is 4. The van der Waals surface area contributed by atoms with E-state index in [1.807, 2.05) is 0 Å². The van der Waals surface area contributed by atoms with Crippen molar-refractivity contribution in [3.05, 3.63) is 59.4 Å². The zero-order chi connectivity index (χ0) is 24.6. The predicted octanol–water partition coefficient (Wildman–Crippen LogP) is 2.99. The van der Waals surface area contributed by atoms with Gasteiger partial charge in [0, 0.05) is 36.0 Å². The standard InChI is InChI=1S/C23H21F3N6O3/c24-23(25,26)35-14-4-1-3-13(9-14)19(33)32-21-28-8-5-16(31-21)17-10-15-18(30-17)22(12-29-20(15)34)6-2-7-27-11-22/h1,3-5,8-10,27,30H,2,6-7,11-12H2,(H,29,34)(H,28,31,32,33). The number of ether oxygens (including phenoxy) is 1. The maximum Gasteiger partial charge on any atom is 0.573 e. The van der Waals surface area contributed by atoms with Crippen molar-refractivity contribution >= 4 is 17.8 Å². The van der Waals surface area contributed by atoms with Crippen LogP contribution in [0.15, 0.2) is 42.6 Å². The third kappa shape index (κ3) is 4.69. The molecule has 3 aromatic rings. The Morgan fingerprint density at radius 2 is 2.03 bits per heavy atom. The molecule has 0 saturated carbocycles. The average molecular weight is 486 g/mol. The monoisotopic (exact) mass is 486 g/mol. The summed E-state index contributed by atoms with van der Waals surface area (Å²) in [7, 11) is 0. The maximum atomic E-state index is 12.6. The van der Waals surface area contributed by atoms with Gasteiger partial charge in [-0.3, -0.25) is 14.9 Å². The van der Waals surface area contributed by atoms with E-state index in [4.69, 9.17) is 0 Å². The summed E-state index contributed by atoms with van der Waals surface area (Å²) < 4.78 is 41.3.